The molecule has 2 unspecified atom stereocenters. The largest absolute Gasteiger partial charge is 0.354 e. The number of nitrogens with one attached hydrogen (secondary N) is 2. The normalized spacial score (nSPS) is 25.5. The van der Waals surface area contributed by atoms with Gasteiger partial charge in [0, 0.05) is 6.54 Å². The monoisotopic (exact) mass is 263 g/mol. The number of rotatable bonds is 5. The number of sulfonamides is 1. The van der Waals surface area contributed by atoms with E-state index in [0.717, 1.165) is 25.8 Å². The van der Waals surface area contributed by atoms with Gasteiger partial charge in [0.1, 0.15) is 0 Å². The van der Waals surface area contributed by atoms with Gasteiger partial charge in [-0.05, 0) is 25.3 Å². The maximum absolute atomic E-state index is 11.7. The van der Waals surface area contributed by atoms with Gasteiger partial charge in [0.2, 0.25) is 15.9 Å². The lowest BCUT2D eigenvalue weighted by Gasteiger charge is -2.28. The summed E-state index contributed by atoms with van der Waals surface area (Å²) in [7, 11) is -3.50. The van der Waals surface area contributed by atoms with Crippen molar-refractivity contribution in [2.75, 3.05) is 18.8 Å². The van der Waals surface area contributed by atoms with E-state index in [-0.39, 0.29) is 24.2 Å². The summed E-state index contributed by atoms with van der Waals surface area (Å²) >= 11 is 0. The van der Waals surface area contributed by atoms with Crippen LogP contribution in [-0.4, -0.2) is 39.2 Å². The molecule has 0 aromatic heterocycles. The minimum absolute atomic E-state index is 0.0760. The van der Waals surface area contributed by atoms with E-state index in [1.54, 1.807) is 0 Å². The molecular formula is C10H21N3O3S. The lowest BCUT2D eigenvalue weighted by Crippen LogP contribution is -2.49. The summed E-state index contributed by atoms with van der Waals surface area (Å²) in [6.07, 6.45) is 2.98. The highest BCUT2D eigenvalue weighted by Gasteiger charge is 2.25. The second-order valence-corrected chi connectivity index (χ2v) is 6.20. The van der Waals surface area contributed by atoms with Crippen LogP contribution in [0.4, 0.5) is 0 Å². The molecule has 1 aliphatic heterocycles. The van der Waals surface area contributed by atoms with Crippen LogP contribution in [0, 0.1) is 5.92 Å². The molecule has 0 radical (unpaired) electrons. The predicted octanol–water partition coefficient (Wildman–Crippen LogP) is -0.831. The lowest BCUT2D eigenvalue weighted by atomic mass is 9.90. The smallest absolute Gasteiger partial charge is 0.237 e. The fourth-order valence-electron chi connectivity index (χ4n) is 2.01. The molecule has 1 aliphatic rings. The zero-order chi connectivity index (χ0) is 12.9. The zero-order valence-corrected chi connectivity index (χ0v) is 10.9. The fourth-order valence-corrected chi connectivity index (χ4v) is 2.39. The third-order valence-corrected chi connectivity index (χ3v) is 3.87. The molecule has 1 rings (SSSR count). The van der Waals surface area contributed by atoms with E-state index in [0.29, 0.717) is 5.92 Å². The Bertz CT molecular complexity index is 356. The van der Waals surface area contributed by atoms with E-state index >= 15 is 0 Å². The van der Waals surface area contributed by atoms with E-state index in [9.17, 15) is 13.2 Å². The molecule has 0 spiro atoms. The molecule has 4 N–H and O–H groups in total. The van der Waals surface area contributed by atoms with E-state index in [1.165, 1.54) is 0 Å². The summed E-state index contributed by atoms with van der Waals surface area (Å²) in [5, 5.41) is 10.6. The van der Waals surface area contributed by atoms with Crippen molar-refractivity contribution < 1.29 is 13.2 Å². The first-order valence-electron chi connectivity index (χ1n) is 5.94. The summed E-state index contributed by atoms with van der Waals surface area (Å²) in [5.74, 6) is 0.222. The quantitative estimate of drug-likeness (QED) is 0.602. The van der Waals surface area contributed by atoms with Crippen LogP contribution in [0.5, 0.6) is 0 Å². The molecule has 0 aromatic carbocycles. The van der Waals surface area contributed by atoms with Crippen molar-refractivity contribution in [2.45, 2.75) is 32.2 Å². The summed E-state index contributed by atoms with van der Waals surface area (Å²) in [4.78, 5) is 11.7. The van der Waals surface area contributed by atoms with Gasteiger partial charge in [-0.1, -0.05) is 13.3 Å². The highest BCUT2D eigenvalue weighted by molar-refractivity contribution is 7.89. The van der Waals surface area contributed by atoms with Crippen LogP contribution in [0.15, 0.2) is 0 Å². The Morgan fingerprint density at radius 2 is 2.24 bits per heavy atom. The van der Waals surface area contributed by atoms with Crippen LogP contribution in [0.3, 0.4) is 0 Å². The number of piperidine rings is 1. The molecule has 1 heterocycles. The van der Waals surface area contributed by atoms with Crippen molar-refractivity contribution in [2.24, 2.45) is 11.1 Å². The number of nitrogens with two attached hydrogens (primary N) is 1. The Labute approximate surface area is 102 Å². The molecule has 0 aromatic rings. The molecule has 0 aliphatic carbocycles. The predicted molar refractivity (Wildman–Crippen MR) is 65.8 cm³/mol. The standard InChI is InChI=1S/C10H21N3O3S/c1-2-8-3-4-12-9(7-8)10(14)13-5-6-17(11,15)16/h8-9,12H,2-7H2,1H3,(H,13,14)(H2,11,15,16). The molecular weight excluding hydrogens is 242 g/mol. The van der Waals surface area contributed by atoms with Crippen molar-refractivity contribution in [3.8, 4) is 0 Å². The van der Waals surface area contributed by atoms with Gasteiger partial charge >= 0.3 is 0 Å². The number of hydrogen-bond acceptors (Lipinski definition) is 4. The van der Waals surface area contributed by atoms with Gasteiger partial charge in [-0.15, -0.1) is 0 Å². The van der Waals surface area contributed by atoms with Gasteiger partial charge in [-0.2, -0.15) is 0 Å². The average Bonchev–Trinajstić information content (AvgIpc) is 2.27. The Morgan fingerprint density at radius 3 is 2.82 bits per heavy atom. The van der Waals surface area contributed by atoms with E-state index < -0.39 is 10.0 Å². The highest BCUT2D eigenvalue weighted by Crippen LogP contribution is 2.19. The fraction of sp³-hybridized carbons (Fsp3) is 0.900. The highest BCUT2D eigenvalue weighted by atomic mass is 32.2. The number of carbonyl (C=O) groups excluding carboxylic acids is 1. The molecule has 1 fully saturated rings. The molecule has 6 nitrogen and oxygen atoms in total. The third-order valence-electron chi connectivity index (χ3n) is 3.09. The number of primary sulfonamides is 1. The maximum Gasteiger partial charge on any atom is 0.237 e. The van der Waals surface area contributed by atoms with Gasteiger partial charge in [0.05, 0.1) is 11.8 Å². The van der Waals surface area contributed by atoms with Crippen molar-refractivity contribution in [1.29, 1.82) is 0 Å². The maximum atomic E-state index is 11.7. The Kier molecular flexibility index (Phi) is 5.35. The summed E-state index contributed by atoms with van der Waals surface area (Å²) < 4.78 is 21.4. The third kappa shape index (κ3) is 5.47. The van der Waals surface area contributed by atoms with Crippen molar-refractivity contribution >= 4 is 15.9 Å². The molecule has 7 heteroatoms. The summed E-state index contributed by atoms with van der Waals surface area (Å²) in [5.41, 5.74) is 0. The first-order chi connectivity index (χ1) is 7.92. The van der Waals surface area contributed by atoms with Crippen LogP contribution >= 0.6 is 0 Å². The van der Waals surface area contributed by atoms with Crippen LogP contribution in [0.1, 0.15) is 26.2 Å². The van der Waals surface area contributed by atoms with Crippen LogP contribution in [0.2, 0.25) is 0 Å². The molecule has 17 heavy (non-hydrogen) atoms. The van der Waals surface area contributed by atoms with Crippen molar-refractivity contribution in [3.05, 3.63) is 0 Å². The molecule has 0 saturated carbocycles. The zero-order valence-electron chi connectivity index (χ0n) is 10.1. The molecule has 100 valence electrons. The van der Waals surface area contributed by atoms with Crippen molar-refractivity contribution in [1.82, 2.24) is 10.6 Å². The van der Waals surface area contributed by atoms with Gasteiger partial charge in [-0.3, -0.25) is 4.79 Å². The number of hydrogen-bond donors (Lipinski definition) is 3. The second kappa shape index (κ2) is 6.32. The SMILES string of the molecule is CCC1CCNC(C(=O)NCCS(N)(=O)=O)C1. The number of amides is 1. The topological polar surface area (TPSA) is 101 Å². The average molecular weight is 263 g/mol. The minimum Gasteiger partial charge on any atom is -0.354 e. The Balaban J connectivity index is 2.32. The number of carbonyl (C=O) groups is 1. The molecule has 0 bridgehead atoms. The van der Waals surface area contributed by atoms with Gasteiger partial charge in [-0.25, -0.2) is 13.6 Å². The van der Waals surface area contributed by atoms with E-state index in [4.69, 9.17) is 5.14 Å². The Hall–Kier alpha value is -0.660. The van der Waals surface area contributed by atoms with Gasteiger partial charge < -0.3 is 10.6 Å². The van der Waals surface area contributed by atoms with Gasteiger partial charge in [0.25, 0.3) is 0 Å². The van der Waals surface area contributed by atoms with Gasteiger partial charge in [0.15, 0.2) is 0 Å². The first kappa shape index (κ1) is 14.4. The summed E-state index contributed by atoms with van der Waals surface area (Å²) in [6.45, 7) is 3.03. The minimum atomic E-state index is -3.50. The Morgan fingerprint density at radius 1 is 1.53 bits per heavy atom. The second-order valence-electron chi connectivity index (χ2n) is 4.46. The van der Waals surface area contributed by atoms with E-state index in [1.807, 2.05) is 0 Å². The lowest BCUT2D eigenvalue weighted by molar-refractivity contribution is -0.123. The molecule has 1 amide bonds. The van der Waals surface area contributed by atoms with Crippen LogP contribution in [0.25, 0.3) is 0 Å². The molecule has 2 atom stereocenters. The molecule has 1 saturated heterocycles. The van der Waals surface area contributed by atoms with Crippen molar-refractivity contribution in [3.63, 3.8) is 0 Å². The summed E-state index contributed by atoms with van der Waals surface area (Å²) in [6, 6.07) is -0.200. The van der Waals surface area contributed by atoms with E-state index in [2.05, 4.69) is 17.6 Å². The first-order valence-corrected chi connectivity index (χ1v) is 7.65. The van der Waals surface area contributed by atoms with Crippen LogP contribution in [-0.2, 0) is 14.8 Å². The van der Waals surface area contributed by atoms with Crippen LogP contribution < -0.4 is 15.8 Å².